The zero-order valence-corrected chi connectivity index (χ0v) is 16.9. The Balaban J connectivity index is 1.47. The van der Waals surface area contributed by atoms with Crippen molar-refractivity contribution >= 4 is 39.6 Å². The van der Waals surface area contributed by atoms with Crippen LogP contribution in [0.2, 0.25) is 0 Å². The first-order valence-electron chi connectivity index (χ1n) is 8.77. The molecule has 0 fully saturated rings. The Kier molecular flexibility index (Phi) is 7.13. The summed E-state index contributed by atoms with van der Waals surface area (Å²) in [5.74, 6) is -1.01. The molecule has 7 heteroatoms. The molecular formula is C22H18BrN3O3. The molecule has 3 aromatic rings. The summed E-state index contributed by atoms with van der Waals surface area (Å²) in [7, 11) is 0. The molecule has 0 saturated heterocycles. The molecule has 0 unspecified atom stereocenters. The fraction of sp³-hybridized carbons (Fsp3) is 0.0455. The molecule has 0 aliphatic heterocycles. The molecule has 29 heavy (non-hydrogen) atoms. The average molecular weight is 452 g/mol. The van der Waals surface area contributed by atoms with Crippen molar-refractivity contribution in [1.29, 1.82) is 0 Å². The van der Waals surface area contributed by atoms with Gasteiger partial charge in [-0.2, -0.15) is 5.10 Å². The predicted octanol–water partition coefficient (Wildman–Crippen LogP) is 4.12. The van der Waals surface area contributed by atoms with Crippen LogP contribution in [0.3, 0.4) is 0 Å². The Morgan fingerprint density at radius 2 is 1.69 bits per heavy atom. The largest absolute Gasteiger partial charge is 0.489 e. The fourth-order valence-corrected chi connectivity index (χ4v) is 2.78. The van der Waals surface area contributed by atoms with Gasteiger partial charge in [-0.3, -0.25) is 9.59 Å². The van der Waals surface area contributed by atoms with Gasteiger partial charge < -0.3 is 10.1 Å². The van der Waals surface area contributed by atoms with Crippen LogP contribution in [0.1, 0.15) is 11.1 Å². The molecule has 2 amide bonds. The molecule has 6 nitrogen and oxygen atoms in total. The Hall–Kier alpha value is -3.45. The highest BCUT2D eigenvalue weighted by molar-refractivity contribution is 9.10. The zero-order valence-electron chi connectivity index (χ0n) is 15.3. The van der Waals surface area contributed by atoms with Crippen molar-refractivity contribution in [3.63, 3.8) is 0 Å². The van der Waals surface area contributed by atoms with E-state index in [1.807, 2.05) is 54.6 Å². The number of halogens is 1. The first kappa shape index (κ1) is 20.3. The topological polar surface area (TPSA) is 79.8 Å². The van der Waals surface area contributed by atoms with Crippen LogP contribution >= 0.6 is 15.9 Å². The minimum absolute atomic E-state index is 0.449. The highest BCUT2D eigenvalue weighted by Crippen LogP contribution is 2.17. The highest BCUT2D eigenvalue weighted by atomic mass is 79.9. The Bertz CT molecular complexity index is 1010. The summed E-state index contributed by atoms with van der Waals surface area (Å²) < 4.78 is 6.58. The van der Waals surface area contributed by atoms with Crippen LogP contribution in [0, 0.1) is 0 Å². The van der Waals surface area contributed by atoms with Gasteiger partial charge in [0.15, 0.2) is 0 Å². The molecule has 0 atom stereocenters. The second kappa shape index (κ2) is 10.2. The second-order valence-corrected chi connectivity index (χ2v) is 6.92. The van der Waals surface area contributed by atoms with E-state index in [4.69, 9.17) is 4.74 Å². The number of hydrogen-bond acceptors (Lipinski definition) is 4. The molecule has 146 valence electrons. The van der Waals surface area contributed by atoms with E-state index in [1.54, 1.807) is 24.3 Å². The summed E-state index contributed by atoms with van der Waals surface area (Å²) in [6, 6.07) is 23.9. The maximum absolute atomic E-state index is 12.0. The van der Waals surface area contributed by atoms with Gasteiger partial charge in [0.25, 0.3) is 0 Å². The highest BCUT2D eigenvalue weighted by Gasteiger charge is 2.12. The molecule has 0 radical (unpaired) electrons. The van der Waals surface area contributed by atoms with Gasteiger partial charge in [0.1, 0.15) is 12.4 Å². The predicted molar refractivity (Wildman–Crippen MR) is 116 cm³/mol. The van der Waals surface area contributed by atoms with Crippen molar-refractivity contribution in [1.82, 2.24) is 5.43 Å². The van der Waals surface area contributed by atoms with Crippen LogP contribution in [0.4, 0.5) is 5.69 Å². The van der Waals surface area contributed by atoms with Gasteiger partial charge in [-0.05, 0) is 47.5 Å². The lowest BCUT2D eigenvalue weighted by Crippen LogP contribution is -2.32. The van der Waals surface area contributed by atoms with Crippen molar-refractivity contribution in [3.05, 3.63) is 94.5 Å². The summed E-state index contributed by atoms with van der Waals surface area (Å²) >= 11 is 3.35. The number of carbonyl (C=O) groups excluding carboxylic acids is 2. The minimum Gasteiger partial charge on any atom is -0.489 e. The van der Waals surface area contributed by atoms with Crippen LogP contribution < -0.4 is 15.5 Å². The van der Waals surface area contributed by atoms with E-state index >= 15 is 0 Å². The summed E-state index contributed by atoms with van der Waals surface area (Å²) in [4.78, 5) is 23.8. The number of hydrazone groups is 1. The number of nitrogens with zero attached hydrogens (tertiary/aromatic N) is 1. The number of anilines is 1. The quantitative estimate of drug-likeness (QED) is 0.336. The van der Waals surface area contributed by atoms with Gasteiger partial charge in [0.05, 0.1) is 6.21 Å². The van der Waals surface area contributed by atoms with E-state index in [0.717, 1.165) is 15.6 Å². The van der Waals surface area contributed by atoms with E-state index in [2.05, 4.69) is 31.8 Å². The van der Waals surface area contributed by atoms with Crippen LogP contribution in [0.15, 0.2) is 88.4 Å². The van der Waals surface area contributed by atoms with Gasteiger partial charge in [-0.25, -0.2) is 5.43 Å². The molecule has 0 spiro atoms. The van der Waals surface area contributed by atoms with Crippen LogP contribution in [0.25, 0.3) is 0 Å². The van der Waals surface area contributed by atoms with E-state index < -0.39 is 11.8 Å². The lowest BCUT2D eigenvalue weighted by molar-refractivity contribution is -0.136. The van der Waals surface area contributed by atoms with Gasteiger partial charge in [0, 0.05) is 10.2 Å². The Labute approximate surface area is 176 Å². The molecule has 0 heterocycles. The molecule has 3 aromatic carbocycles. The van der Waals surface area contributed by atoms with Crippen LogP contribution in [-0.2, 0) is 16.2 Å². The van der Waals surface area contributed by atoms with E-state index in [9.17, 15) is 9.59 Å². The molecule has 0 saturated carbocycles. The molecule has 2 N–H and O–H groups in total. The molecule has 0 aliphatic carbocycles. The summed E-state index contributed by atoms with van der Waals surface area (Å²) in [5.41, 5.74) is 4.52. The lowest BCUT2D eigenvalue weighted by Gasteiger charge is -2.08. The third-order valence-corrected chi connectivity index (χ3v) is 4.29. The van der Waals surface area contributed by atoms with Crippen LogP contribution in [0.5, 0.6) is 5.75 Å². The van der Waals surface area contributed by atoms with E-state index in [-0.39, 0.29) is 0 Å². The smallest absolute Gasteiger partial charge is 0.329 e. The number of hydrogen-bond donors (Lipinski definition) is 2. The fourth-order valence-electron chi connectivity index (χ4n) is 2.37. The van der Waals surface area contributed by atoms with Crippen molar-refractivity contribution in [2.45, 2.75) is 6.61 Å². The summed E-state index contributed by atoms with van der Waals surface area (Å²) in [5, 5.41) is 6.30. The molecular weight excluding hydrogens is 434 g/mol. The van der Waals surface area contributed by atoms with Crippen molar-refractivity contribution in [3.8, 4) is 5.75 Å². The Morgan fingerprint density at radius 3 is 2.41 bits per heavy atom. The molecule has 0 aromatic heterocycles. The minimum atomic E-state index is -0.861. The monoisotopic (exact) mass is 451 g/mol. The van der Waals surface area contributed by atoms with E-state index in [0.29, 0.717) is 18.0 Å². The maximum atomic E-state index is 12.0. The number of rotatable bonds is 6. The first-order valence-corrected chi connectivity index (χ1v) is 9.56. The number of ether oxygens (including phenoxy) is 1. The maximum Gasteiger partial charge on any atom is 0.329 e. The number of carbonyl (C=O) groups is 2. The standard InChI is InChI=1S/C22H18BrN3O3/c23-18-8-4-7-17(13-18)14-24-26-22(28)21(27)25-19-9-11-20(12-10-19)29-15-16-5-2-1-3-6-16/h1-14H,15H2,(H,25,27)(H,26,28)/b24-14-. The van der Waals surface area contributed by atoms with Gasteiger partial charge in [-0.15, -0.1) is 0 Å². The first-order chi connectivity index (χ1) is 14.1. The number of nitrogens with one attached hydrogen (secondary N) is 2. The normalized spacial score (nSPS) is 10.5. The summed E-state index contributed by atoms with van der Waals surface area (Å²) in [6.45, 7) is 0.449. The van der Waals surface area contributed by atoms with Crippen molar-refractivity contribution < 1.29 is 14.3 Å². The average Bonchev–Trinajstić information content (AvgIpc) is 2.74. The van der Waals surface area contributed by atoms with Crippen molar-refractivity contribution in [2.75, 3.05) is 5.32 Å². The van der Waals surface area contributed by atoms with Gasteiger partial charge in [-0.1, -0.05) is 58.4 Å². The van der Waals surface area contributed by atoms with Crippen molar-refractivity contribution in [2.24, 2.45) is 5.10 Å². The second-order valence-electron chi connectivity index (χ2n) is 6.01. The van der Waals surface area contributed by atoms with Gasteiger partial charge in [0.2, 0.25) is 0 Å². The number of benzene rings is 3. The van der Waals surface area contributed by atoms with E-state index in [1.165, 1.54) is 6.21 Å². The number of amides is 2. The molecule has 0 aliphatic rings. The summed E-state index contributed by atoms with van der Waals surface area (Å²) in [6.07, 6.45) is 1.45. The Morgan fingerprint density at radius 1 is 0.931 bits per heavy atom. The van der Waals surface area contributed by atoms with Gasteiger partial charge >= 0.3 is 11.8 Å². The lowest BCUT2D eigenvalue weighted by atomic mass is 10.2. The molecule has 3 rings (SSSR count). The SMILES string of the molecule is O=C(N/N=C\c1cccc(Br)c1)C(=O)Nc1ccc(OCc2ccccc2)cc1. The molecule has 0 bridgehead atoms. The van der Waals surface area contributed by atoms with Crippen LogP contribution in [-0.4, -0.2) is 18.0 Å². The third-order valence-electron chi connectivity index (χ3n) is 3.80. The zero-order chi connectivity index (χ0) is 20.5. The third kappa shape index (κ3) is 6.58.